The summed E-state index contributed by atoms with van der Waals surface area (Å²) in [7, 11) is 0. The summed E-state index contributed by atoms with van der Waals surface area (Å²) in [6, 6.07) is 5.16. The van der Waals surface area contributed by atoms with Crippen LogP contribution in [0.25, 0.3) is 0 Å². The van der Waals surface area contributed by atoms with E-state index in [-0.39, 0.29) is 6.54 Å². The molecule has 0 radical (unpaired) electrons. The summed E-state index contributed by atoms with van der Waals surface area (Å²) >= 11 is 0. The van der Waals surface area contributed by atoms with Gasteiger partial charge in [0.1, 0.15) is 6.61 Å². The first-order chi connectivity index (χ1) is 9.89. The molecule has 7 nitrogen and oxygen atoms in total. The van der Waals surface area contributed by atoms with Crippen LogP contribution in [0.1, 0.15) is 23.7 Å². The second-order valence-electron chi connectivity index (χ2n) is 5.21. The molecule has 0 fully saturated rings. The molecule has 1 aliphatic rings. The molecule has 4 N–H and O–H groups in total. The summed E-state index contributed by atoms with van der Waals surface area (Å²) in [5.74, 6) is -1.07. The van der Waals surface area contributed by atoms with Crippen molar-refractivity contribution in [1.82, 2.24) is 5.32 Å². The minimum Gasteiger partial charge on any atom is -0.489 e. The van der Waals surface area contributed by atoms with Gasteiger partial charge in [0.15, 0.2) is 5.75 Å². The number of para-hydroxylation sites is 1. The summed E-state index contributed by atoms with van der Waals surface area (Å²) < 4.78 is 5.49. The highest BCUT2D eigenvalue weighted by atomic mass is 16.5. The van der Waals surface area contributed by atoms with Crippen LogP contribution >= 0.6 is 0 Å². The number of anilines is 1. The van der Waals surface area contributed by atoms with Gasteiger partial charge in [0.25, 0.3) is 5.91 Å². The van der Waals surface area contributed by atoms with Gasteiger partial charge in [-0.2, -0.15) is 0 Å². The van der Waals surface area contributed by atoms with E-state index in [1.54, 1.807) is 12.1 Å². The minimum atomic E-state index is -1.50. The number of rotatable bonds is 5. The molecule has 1 unspecified atom stereocenters. The lowest BCUT2D eigenvalue weighted by Gasteiger charge is -2.23. The molecule has 114 valence electrons. The van der Waals surface area contributed by atoms with Crippen molar-refractivity contribution in [3.63, 3.8) is 0 Å². The van der Waals surface area contributed by atoms with Gasteiger partial charge < -0.3 is 25.6 Å². The van der Waals surface area contributed by atoms with Gasteiger partial charge in [-0.3, -0.25) is 9.59 Å². The monoisotopic (exact) mass is 294 g/mol. The molecular weight excluding hydrogens is 276 g/mol. The van der Waals surface area contributed by atoms with Crippen LogP contribution in [0.4, 0.5) is 5.69 Å². The van der Waals surface area contributed by atoms with Crippen LogP contribution in [0.15, 0.2) is 18.2 Å². The number of hydrogen-bond acceptors (Lipinski definition) is 5. The van der Waals surface area contributed by atoms with E-state index in [0.29, 0.717) is 24.5 Å². The average Bonchev–Trinajstić information content (AvgIpc) is 2.43. The number of aliphatic hydroxyl groups is 1. The summed E-state index contributed by atoms with van der Waals surface area (Å²) in [5.41, 5.74) is -0.410. The number of carbonyl (C=O) groups excluding carboxylic acids is 1. The van der Waals surface area contributed by atoms with Gasteiger partial charge in [0.2, 0.25) is 0 Å². The average molecular weight is 294 g/mol. The summed E-state index contributed by atoms with van der Waals surface area (Å²) in [6.07, 6.45) is -0.446. The van der Waals surface area contributed by atoms with Gasteiger partial charge in [-0.15, -0.1) is 0 Å². The third-order valence-corrected chi connectivity index (χ3v) is 3.09. The third kappa shape index (κ3) is 3.85. The highest BCUT2D eigenvalue weighted by molar-refractivity contribution is 5.99. The number of ether oxygens (including phenoxy) is 1. The van der Waals surface area contributed by atoms with Crippen molar-refractivity contribution in [2.75, 3.05) is 25.0 Å². The van der Waals surface area contributed by atoms with Gasteiger partial charge in [0.05, 0.1) is 23.3 Å². The van der Waals surface area contributed by atoms with Crippen molar-refractivity contribution in [3.05, 3.63) is 23.8 Å². The number of benzene rings is 1. The Balaban J connectivity index is 2.06. The largest absolute Gasteiger partial charge is 0.489 e. The number of carboxylic acid groups (broad SMARTS) is 1. The zero-order valence-electron chi connectivity index (χ0n) is 11.7. The van der Waals surface area contributed by atoms with E-state index in [9.17, 15) is 14.7 Å². The van der Waals surface area contributed by atoms with Gasteiger partial charge in [-0.1, -0.05) is 6.07 Å². The highest BCUT2D eigenvalue weighted by Crippen LogP contribution is 2.31. The first kappa shape index (κ1) is 15.1. The van der Waals surface area contributed by atoms with Gasteiger partial charge in [-0.25, -0.2) is 0 Å². The Morgan fingerprint density at radius 1 is 1.48 bits per heavy atom. The van der Waals surface area contributed by atoms with Crippen LogP contribution in [-0.2, 0) is 4.79 Å². The zero-order chi connectivity index (χ0) is 15.5. The molecule has 1 aromatic carbocycles. The van der Waals surface area contributed by atoms with Crippen LogP contribution in [0.2, 0.25) is 0 Å². The van der Waals surface area contributed by atoms with Crippen molar-refractivity contribution in [1.29, 1.82) is 0 Å². The van der Waals surface area contributed by atoms with Crippen molar-refractivity contribution in [2.45, 2.75) is 18.9 Å². The van der Waals surface area contributed by atoms with Crippen LogP contribution in [0.3, 0.4) is 0 Å². The maximum Gasteiger partial charge on any atom is 0.306 e. The Kier molecular flexibility index (Phi) is 4.32. The fourth-order valence-electron chi connectivity index (χ4n) is 2.10. The smallest absolute Gasteiger partial charge is 0.306 e. The Labute approximate surface area is 121 Å². The molecule has 0 aliphatic carbocycles. The predicted molar refractivity (Wildman–Crippen MR) is 75.6 cm³/mol. The maximum atomic E-state index is 12.2. The Morgan fingerprint density at radius 3 is 2.95 bits per heavy atom. The number of amides is 1. The van der Waals surface area contributed by atoms with E-state index in [4.69, 9.17) is 9.84 Å². The zero-order valence-corrected chi connectivity index (χ0v) is 11.7. The molecule has 1 atom stereocenters. The molecule has 0 aromatic heterocycles. The van der Waals surface area contributed by atoms with Gasteiger partial charge >= 0.3 is 5.97 Å². The lowest BCUT2D eigenvalue weighted by atomic mass is 10.0. The number of hydrogen-bond donors (Lipinski definition) is 4. The van der Waals surface area contributed by atoms with Crippen molar-refractivity contribution >= 4 is 17.6 Å². The van der Waals surface area contributed by atoms with Gasteiger partial charge in [0, 0.05) is 13.1 Å². The van der Waals surface area contributed by atoms with E-state index >= 15 is 0 Å². The van der Waals surface area contributed by atoms with E-state index < -0.39 is 23.9 Å². The van der Waals surface area contributed by atoms with Crippen LogP contribution in [0.5, 0.6) is 5.75 Å². The van der Waals surface area contributed by atoms with E-state index in [2.05, 4.69) is 10.6 Å². The van der Waals surface area contributed by atoms with Crippen LogP contribution in [-0.4, -0.2) is 47.4 Å². The Hall–Kier alpha value is -2.28. The molecule has 1 amide bonds. The molecule has 0 bridgehead atoms. The number of aliphatic carboxylic acids is 1. The van der Waals surface area contributed by atoms with E-state index in [0.717, 1.165) is 5.69 Å². The molecule has 1 heterocycles. The lowest BCUT2D eigenvalue weighted by Crippen LogP contribution is -2.42. The molecular formula is C14H18N2O5. The SMILES string of the molecule is CC(O)(CNC(=O)c1cccc2c1OCCN2)CC(=O)O. The maximum absolute atomic E-state index is 12.2. The van der Waals surface area contributed by atoms with Crippen molar-refractivity contribution < 1.29 is 24.5 Å². The molecule has 0 spiro atoms. The first-order valence-electron chi connectivity index (χ1n) is 6.61. The Bertz CT molecular complexity index is 556. The lowest BCUT2D eigenvalue weighted by molar-refractivity contribution is -0.141. The first-order valence-corrected chi connectivity index (χ1v) is 6.61. The standard InChI is InChI=1S/C14H18N2O5/c1-14(20,7-11(17)18)8-16-13(19)9-3-2-4-10-12(9)21-6-5-15-10/h2-4,15,20H,5-8H2,1H3,(H,16,19)(H,17,18). The molecule has 7 heteroatoms. The van der Waals surface area contributed by atoms with Crippen LogP contribution in [0, 0.1) is 0 Å². The summed E-state index contributed by atoms with van der Waals surface area (Å²) in [4.78, 5) is 22.8. The fourth-order valence-corrected chi connectivity index (χ4v) is 2.10. The number of fused-ring (bicyclic) bond motifs is 1. The number of carbonyl (C=O) groups is 2. The second-order valence-corrected chi connectivity index (χ2v) is 5.21. The fraction of sp³-hybridized carbons (Fsp3) is 0.429. The highest BCUT2D eigenvalue weighted by Gasteiger charge is 2.26. The number of nitrogens with one attached hydrogen (secondary N) is 2. The van der Waals surface area contributed by atoms with E-state index in [1.807, 2.05) is 6.07 Å². The second kappa shape index (κ2) is 6.01. The predicted octanol–water partition coefficient (Wildman–Crippen LogP) is 0.446. The molecule has 21 heavy (non-hydrogen) atoms. The molecule has 2 rings (SSSR count). The molecule has 1 aliphatic heterocycles. The van der Waals surface area contributed by atoms with E-state index in [1.165, 1.54) is 6.92 Å². The van der Waals surface area contributed by atoms with Crippen LogP contribution < -0.4 is 15.4 Å². The molecule has 1 aromatic rings. The normalized spacial score (nSPS) is 15.9. The molecule has 0 saturated heterocycles. The minimum absolute atomic E-state index is 0.158. The topological polar surface area (TPSA) is 108 Å². The van der Waals surface area contributed by atoms with Crippen molar-refractivity contribution in [3.8, 4) is 5.75 Å². The quantitative estimate of drug-likeness (QED) is 0.628. The molecule has 0 saturated carbocycles. The summed E-state index contributed by atoms with van der Waals surface area (Å²) in [6.45, 7) is 2.34. The number of carboxylic acids is 1. The summed E-state index contributed by atoms with van der Waals surface area (Å²) in [5, 5.41) is 24.2. The van der Waals surface area contributed by atoms with Gasteiger partial charge in [-0.05, 0) is 19.1 Å². The van der Waals surface area contributed by atoms with Crippen molar-refractivity contribution in [2.24, 2.45) is 0 Å². The third-order valence-electron chi connectivity index (χ3n) is 3.09. The Morgan fingerprint density at radius 2 is 2.24 bits per heavy atom.